The summed E-state index contributed by atoms with van der Waals surface area (Å²) in [5.41, 5.74) is 0.492. The summed E-state index contributed by atoms with van der Waals surface area (Å²) in [5, 5.41) is 6.89. The molecule has 0 saturated heterocycles. The molecule has 0 radical (unpaired) electrons. The SMILES string of the molecule is CN=C(NCC(C)(C)N(C)C)NC(C)CCC(C)(C)C.I. The average molecular weight is 412 g/mol. The smallest absolute Gasteiger partial charge is 0.191 e. The molecule has 0 aromatic rings. The number of guanidine groups is 1. The van der Waals surface area contributed by atoms with Crippen LogP contribution < -0.4 is 10.6 Å². The van der Waals surface area contributed by atoms with Crippen molar-refractivity contribution >= 4 is 29.9 Å². The number of halogens is 1. The highest BCUT2D eigenvalue weighted by Gasteiger charge is 2.21. The van der Waals surface area contributed by atoms with Gasteiger partial charge in [0.2, 0.25) is 0 Å². The van der Waals surface area contributed by atoms with Gasteiger partial charge in [-0.2, -0.15) is 0 Å². The maximum atomic E-state index is 4.31. The van der Waals surface area contributed by atoms with E-state index in [-0.39, 0.29) is 29.5 Å². The third-order valence-corrected chi connectivity index (χ3v) is 3.83. The number of hydrogen-bond donors (Lipinski definition) is 2. The first-order valence-electron chi connectivity index (χ1n) is 7.62. The molecular weight excluding hydrogens is 375 g/mol. The molecular formula is C16H37IN4. The maximum absolute atomic E-state index is 4.31. The number of aliphatic imine (C=N–C) groups is 1. The van der Waals surface area contributed by atoms with Crippen LogP contribution in [0.5, 0.6) is 0 Å². The fourth-order valence-electron chi connectivity index (χ4n) is 1.61. The number of hydrogen-bond acceptors (Lipinski definition) is 2. The summed E-state index contributed by atoms with van der Waals surface area (Å²) in [6.45, 7) is 14.4. The summed E-state index contributed by atoms with van der Waals surface area (Å²) in [5.74, 6) is 0.890. The molecule has 0 spiro atoms. The first kappa shape index (κ1) is 23.2. The lowest BCUT2D eigenvalue weighted by atomic mass is 9.89. The highest BCUT2D eigenvalue weighted by molar-refractivity contribution is 14.0. The molecule has 4 nitrogen and oxygen atoms in total. The minimum Gasteiger partial charge on any atom is -0.355 e. The average Bonchev–Trinajstić information content (AvgIpc) is 2.30. The van der Waals surface area contributed by atoms with Crippen LogP contribution in [0.1, 0.15) is 54.4 Å². The Balaban J connectivity index is 0. The van der Waals surface area contributed by atoms with Crippen LogP contribution in [0, 0.1) is 5.41 Å². The Labute approximate surface area is 149 Å². The summed E-state index contributed by atoms with van der Waals surface area (Å²) < 4.78 is 0. The molecule has 2 N–H and O–H groups in total. The number of rotatable bonds is 6. The van der Waals surface area contributed by atoms with Crippen molar-refractivity contribution in [3.05, 3.63) is 0 Å². The molecule has 0 heterocycles. The van der Waals surface area contributed by atoms with Crippen molar-refractivity contribution in [3.63, 3.8) is 0 Å². The summed E-state index contributed by atoms with van der Waals surface area (Å²) in [6.07, 6.45) is 2.36. The van der Waals surface area contributed by atoms with Crippen molar-refractivity contribution < 1.29 is 0 Å². The number of likely N-dealkylation sites (N-methyl/N-ethyl adjacent to an activating group) is 1. The van der Waals surface area contributed by atoms with E-state index in [0.717, 1.165) is 18.9 Å². The molecule has 1 unspecified atom stereocenters. The maximum Gasteiger partial charge on any atom is 0.191 e. The van der Waals surface area contributed by atoms with Gasteiger partial charge < -0.3 is 15.5 Å². The highest BCUT2D eigenvalue weighted by Crippen LogP contribution is 2.21. The van der Waals surface area contributed by atoms with Crippen LogP contribution in [0.4, 0.5) is 0 Å². The Morgan fingerprint density at radius 1 is 1.14 bits per heavy atom. The quantitative estimate of drug-likeness (QED) is 0.400. The second-order valence-corrected chi connectivity index (χ2v) is 7.78. The van der Waals surface area contributed by atoms with Gasteiger partial charge in [-0.1, -0.05) is 20.8 Å². The van der Waals surface area contributed by atoms with E-state index in [1.807, 2.05) is 7.05 Å². The zero-order valence-corrected chi connectivity index (χ0v) is 17.8. The number of nitrogens with one attached hydrogen (secondary N) is 2. The molecule has 0 aromatic heterocycles. The minimum atomic E-state index is 0. The zero-order chi connectivity index (χ0) is 16.0. The summed E-state index contributed by atoms with van der Waals surface area (Å²) in [7, 11) is 6.03. The van der Waals surface area contributed by atoms with E-state index in [1.165, 1.54) is 6.42 Å². The van der Waals surface area contributed by atoms with Gasteiger partial charge in [-0.05, 0) is 53.1 Å². The molecule has 1 atom stereocenters. The molecule has 21 heavy (non-hydrogen) atoms. The van der Waals surface area contributed by atoms with Gasteiger partial charge in [0.05, 0.1) is 0 Å². The Morgan fingerprint density at radius 3 is 2.05 bits per heavy atom. The van der Waals surface area contributed by atoms with Crippen LogP contribution in [0.25, 0.3) is 0 Å². The van der Waals surface area contributed by atoms with Crippen LogP contribution >= 0.6 is 24.0 Å². The van der Waals surface area contributed by atoms with Gasteiger partial charge >= 0.3 is 0 Å². The molecule has 0 aliphatic heterocycles. The lowest BCUT2D eigenvalue weighted by Crippen LogP contribution is -2.52. The first-order valence-corrected chi connectivity index (χ1v) is 7.62. The third kappa shape index (κ3) is 11.2. The molecule has 0 bridgehead atoms. The Kier molecular flexibility index (Phi) is 10.9. The highest BCUT2D eigenvalue weighted by atomic mass is 127. The summed E-state index contributed by atoms with van der Waals surface area (Å²) >= 11 is 0. The van der Waals surface area contributed by atoms with Crippen molar-refractivity contribution in [2.45, 2.75) is 66.0 Å². The predicted octanol–water partition coefficient (Wildman–Crippen LogP) is 3.32. The van der Waals surface area contributed by atoms with Crippen LogP contribution in [0.15, 0.2) is 4.99 Å². The van der Waals surface area contributed by atoms with E-state index in [4.69, 9.17) is 0 Å². The van der Waals surface area contributed by atoms with Crippen molar-refractivity contribution in [3.8, 4) is 0 Å². The van der Waals surface area contributed by atoms with Gasteiger partial charge in [0.1, 0.15) is 0 Å². The van der Waals surface area contributed by atoms with Crippen molar-refractivity contribution in [1.29, 1.82) is 0 Å². The van der Waals surface area contributed by atoms with E-state index in [2.05, 4.69) is 76.2 Å². The van der Waals surface area contributed by atoms with Gasteiger partial charge in [-0.3, -0.25) is 4.99 Å². The van der Waals surface area contributed by atoms with E-state index in [9.17, 15) is 0 Å². The molecule has 128 valence electrons. The fraction of sp³-hybridized carbons (Fsp3) is 0.938. The second-order valence-electron chi connectivity index (χ2n) is 7.78. The summed E-state index contributed by atoms with van der Waals surface area (Å²) in [4.78, 5) is 6.53. The molecule has 0 fully saturated rings. The van der Waals surface area contributed by atoms with Gasteiger partial charge in [0.25, 0.3) is 0 Å². The van der Waals surface area contributed by atoms with E-state index in [1.54, 1.807) is 0 Å². The minimum absolute atomic E-state index is 0. The standard InChI is InChI=1S/C16H36N4.HI/c1-13(10-11-15(2,3)4)19-14(17-7)18-12-16(5,6)20(8)9;/h13H,10-12H2,1-9H3,(H2,17,18,19);1H. The van der Waals surface area contributed by atoms with Crippen molar-refractivity contribution in [1.82, 2.24) is 15.5 Å². The third-order valence-electron chi connectivity index (χ3n) is 3.83. The van der Waals surface area contributed by atoms with Crippen LogP contribution in [0.3, 0.4) is 0 Å². The normalized spacial score (nSPS) is 14.7. The first-order chi connectivity index (χ1) is 8.98. The predicted molar refractivity (Wildman–Crippen MR) is 106 cm³/mol. The monoisotopic (exact) mass is 412 g/mol. The lowest BCUT2D eigenvalue weighted by molar-refractivity contribution is 0.197. The van der Waals surface area contributed by atoms with E-state index >= 15 is 0 Å². The Morgan fingerprint density at radius 2 is 1.67 bits per heavy atom. The topological polar surface area (TPSA) is 39.7 Å². The largest absolute Gasteiger partial charge is 0.355 e. The molecule has 0 amide bonds. The van der Waals surface area contributed by atoms with Gasteiger partial charge in [0.15, 0.2) is 5.96 Å². The van der Waals surface area contributed by atoms with Gasteiger partial charge in [-0.25, -0.2) is 0 Å². The Bertz CT molecular complexity index is 306. The van der Waals surface area contributed by atoms with Crippen molar-refractivity contribution in [2.75, 3.05) is 27.7 Å². The molecule has 0 aliphatic carbocycles. The lowest BCUT2D eigenvalue weighted by Gasteiger charge is -2.33. The molecule has 0 rings (SSSR count). The van der Waals surface area contributed by atoms with Gasteiger partial charge in [-0.15, -0.1) is 24.0 Å². The molecule has 0 aromatic carbocycles. The summed E-state index contributed by atoms with van der Waals surface area (Å²) in [6, 6.07) is 0.433. The van der Waals surface area contributed by atoms with E-state index < -0.39 is 0 Å². The van der Waals surface area contributed by atoms with Crippen LogP contribution in [-0.4, -0.2) is 50.1 Å². The molecule has 0 saturated carbocycles. The second kappa shape index (κ2) is 9.87. The molecule has 0 aliphatic rings. The number of nitrogens with zero attached hydrogens (tertiary/aromatic N) is 2. The van der Waals surface area contributed by atoms with Crippen molar-refractivity contribution in [2.24, 2.45) is 10.4 Å². The fourth-order valence-corrected chi connectivity index (χ4v) is 1.61. The van der Waals surface area contributed by atoms with Crippen LogP contribution in [0.2, 0.25) is 0 Å². The van der Waals surface area contributed by atoms with Crippen LogP contribution in [-0.2, 0) is 0 Å². The zero-order valence-electron chi connectivity index (χ0n) is 15.5. The van der Waals surface area contributed by atoms with Gasteiger partial charge in [0, 0.05) is 25.2 Å². The van der Waals surface area contributed by atoms with E-state index in [0.29, 0.717) is 11.5 Å². The molecule has 5 heteroatoms. The Hall–Kier alpha value is -0.0400.